The van der Waals surface area contributed by atoms with Crippen molar-refractivity contribution in [2.24, 2.45) is 5.92 Å². The van der Waals surface area contributed by atoms with Crippen molar-refractivity contribution in [3.05, 3.63) is 75.3 Å². The molecule has 4 atom stereocenters. The van der Waals surface area contributed by atoms with Crippen LogP contribution in [0.15, 0.2) is 53.0 Å². The summed E-state index contributed by atoms with van der Waals surface area (Å²) in [4.78, 5) is 11.1. The van der Waals surface area contributed by atoms with E-state index in [1.165, 1.54) is 11.1 Å². The Labute approximate surface area is 193 Å². The first kappa shape index (κ1) is 23.6. The van der Waals surface area contributed by atoms with E-state index in [9.17, 15) is 4.79 Å². The van der Waals surface area contributed by atoms with E-state index < -0.39 is 12.6 Å². The van der Waals surface area contributed by atoms with Crippen LogP contribution >= 0.6 is 15.9 Å². The lowest BCUT2D eigenvalue weighted by molar-refractivity contribution is -0.139. The first-order valence-electron chi connectivity index (χ1n) is 10.7. The number of aliphatic carboxylic acids is 1. The minimum absolute atomic E-state index is 0.0508. The highest BCUT2D eigenvalue weighted by atomic mass is 79.9. The number of carboxylic acid groups (broad SMARTS) is 1. The molecule has 0 spiro atoms. The van der Waals surface area contributed by atoms with Crippen LogP contribution in [0, 0.1) is 19.8 Å². The van der Waals surface area contributed by atoms with Gasteiger partial charge >= 0.3 is 5.97 Å². The van der Waals surface area contributed by atoms with Gasteiger partial charge in [-0.3, -0.25) is 0 Å². The number of carbonyl (C=O) groups is 1. The first-order chi connectivity index (χ1) is 14.7. The van der Waals surface area contributed by atoms with Crippen LogP contribution < -0.4 is 4.74 Å². The van der Waals surface area contributed by atoms with Crippen LogP contribution in [0.4, 0.5) is 0 Å². The van der Waals surface area contributed by atoms with Crippen LogP contribution in [-0.2, 0) is 9.53 Å². The third-order valence-corrected chi connectivity index (χ3v) is 6.64. The fraction of sp³-hybridized carbons (Fsp3) is 0.423. The van der Waals surface area contributed by atoms with Crippen molar-refractivity contribution in [1.82, 2.24) is 0 Å². The van der Waals surface area contributed by atoms with Gasteiger partial charge in [-0.05, 0) is 72.8 Å². The molecule has 0 aromatic heterocycles. The SMILES string of the molecule is C=C(C)[C@@H]1C[C@H](c2ccc(C)cc2)[C@H](CC)O[C@@H]1c1cc(C)cc(Br)c1OCC(=O)O. The lowest BCUT2D eigenvalue weighted by Crippen LogP contribution is -2.36. The number of ether oxygens (including phenoxy) is 2. The maximum absolute atomic E-state index is 11.1. The molecule has 1 fully saturated rings. The average Bonchev–Trinajstić information content (AvgIpc) is 2.72. The number of halogens is 1. The molecule has 2 aromatic carbocycles. The summed E-state index contributed by atoms with van der Waals surface area (Å²) in [6.45, 7) is 12.2. The molecule has 1 saturated heterocycles. The van der Waals surface area contributed by atoms with Gasteiger partial charge in [0.25, 0.3) is 0 Å². The Morgan fingerprint density at radius 2 is 1.90 bits per heavy atom. The lowest BCUT2D eigenvalue weighted by Gasteiger charge is -2.43. The van der Waals surface area contributed by atoms with Gasteiger partial charge in [0, 0.05) is 17.4 Å². The Bertz CT molecular complexity index is 951. The average molecular weight is 487 g/mol. The number of rotatable bonds is 7. The topological polar surface area (TPSA) is 55.8 Å². The zero-order chi connectivity index (χ0) is 22.7. The summed E-state index contributed by atoms with van der Waals surface area (Å²) < 4.78 is 13.2. The molecule has 0 radical (unpaired) electrons. The third kappa shape index (κ3) is 5.39. The van der Waals surface area contributed by atoms with Crippen LogP contribution in [0.5, 0.6) is 5.75 Å². The molecule has 3 rings (SSSR count). The Hall–Kier alpha value is -2.11. The number of carboxylic acids is 1. The van der Waals surface area contributed by atoms with E-state index in [4.69, 9.17) is 14.6 Å². The smallest absolute Gasteiger partial charge is 0.341 e. The second-order valence-electron chi connectivity index (χ2n) is 8.56. The van der Waals surface area contributed by atoms with Crippen LogP contribution in [0.3, 0.4) is 0 Å². The fourth-order valence-corrected chi connectivity index (χ4v) is 5.18. The molecular formula is C26H31BrO4. The molecular weight excluding hydrogens is 456 g/mol. The zero-order valence-corrected chi connectivity index (χ0v) is 20.2. The molecule has 0 aliphatic carbocycles. The second-order valence-corrected chi connectivity index (χ2v) is 9.41. The molecule has 4 nitrogen and oxygen atoms in total. The Balaban J connectivity index is 2.02. The largest absolute Gasteiger partial charge is 0.480 e. The molecule has 0 bridgehead atoms. The normalized spacial score (nSPS) is 23.4. The molecule has 2 aromatic rings. The molecule has 5 heteroatoms. The highest BCUT2D eigenvalue weighted by Crippen LogP contribution is 2.50. The highest BCUT2D eigenvalue weighted by molar-refractivity contribution is 9.10. The van der Waals surface area contributed by atoms with E-state index in [0.717, 1.165) is 34.0 Å². The van der Waals surface area contributed by atoms with Gasteiger partial charge in [0.05, 0.1) is 16.7 Å². The minimum atomic E-state index is -1.01. The van der Waals surface area contributed by atoms with Gasteiger partial charge in [0.2, 0.25) is 0 Å². The van der Waals surface area contributed by atoms with Crippen molar-refractivity contribution in [2.75, 3.05) is 6.61 Å². The van der Waals surface area contributed by atoms with Gasteiger partial charge in [0.15, 0.2) is 6.61 Å². The van der Waals surface area contributed by atoms with E-state index >= 15 is 0 Å². The predicted molar refractivity (Wildman–Crippen MR) is 127 cm³/mol. The standard InChI is InChI=1S/C26H31BrO4/c1-6-23-20(18-9-7-16(4)8-10-18)13-19(15(2)3)25(31-23)21-11-17(5)12-22(27)26(21)30-14-24(28)29/h7-12,19-20,23,25H,2,6,13-14H2,1,3-5H3,(H,28,29)/t19-,20+,23-,25-/m0/s1. The van der Waals surface area contributed by atoms with E-state index in [1.54, 1.807) is 0 Å². The number of aryl methyl sites for hydroxylation is 2. The molecule has 1 aliphatic heterocycles. The summed E-state index contributed by atoms with van der Waals surface area (Å²) in [6.07, 6.45) is 1.61. The van der Waals surface area contributed by atoms with Crippen LogP contribution in [-0.4, -0.2) is 23.8 Å². The first-order valence-corrected chi connectivity index (χ1v) is 11.5. The van der Waals surface area contributed by atoms with E-state index in [1.807, 2.05) is 26.0 Å². The van der Waals surface area contributed by atoms with Gasteiger partial charge in [-0.15, -0.1) is 0 Å². The molecule has 0 saturated carbocycles. The van der Waals surface area contributed by atoms with Crippen molar-refractivity contribution in [2.45, 2.75) is 58.7 Å². The predicted octanol–water partition coefficient (Wildman–Crippen LogP) is 6.75. The summed E-state index contributed by atoms with van der Waals surface area (Å²) in [5, 5.41) is 9.14. The molecule has 0 amide bonds. The summed E-state index contributed by atoms with van der Waals surface area (Å²) in [5.74, 6) is -0.103. The quantitative estimate of drug-likeness (QED) is 0.439. The lowest BCUT2D eigenvalue weighted by atomic mass is 9.75. The van der Waals surface area contributed by atoms with Crippen LogP contribution in [0.25, 0.3) is 0 Å². The zero-order valence-electron chi connectivity index (χ0n) is 18.7. The molecule has 0 unspecified atom stereocenters. The summed E-state index contributed by atoms with van der Waals surface area (Å²) in [7, 11) is 0. The second kappa shape index (κ2) is 10.0. The van der Waals surface area contributed by atoms with Crippen molar-refractivity contribution in [3.63, 3.8) is 0 Å². The van der Waals surface area contributed by atoms with Crippen LogP contribution in [0.2, 0.25) is 0 Å². The van der Waals surface area contributed by atoms with Crippen LogP contribution in [0.1, 0.15) is 61.0 Å². The van der Waals surface area contributed by atoms with Crippen molar-refractivity contribution in [3.8, 4) is 5.75 Å². The number of hydrogen-bond acceptors (Lipinski definition) is 3. The van der Waals surface area contributed by atoms with E-state index in [-0.39, 0.29) is 24.0 Å². The number of hydrogen-bond donors (Lipinski definition) is 1. The summed E-state index contributed by atoms with van der Waals surface area (Å²) in [6, 6.07) is 12.7. The Morgan fingerprint density at radius 1 is 1.23 bits per heavy atom. The van der Waals surface area contributed by atoms with Crippen molar-refractivity contribution < 1.29 is 19.4 Å². The third-order valence-electron chi connectivity index (χ3n) is 6.05. The molecule has 166 valence electrons. The maximum Gasteiger partial charge on any atom is 0.341 e. The van der Waals surface area contributed by atoms with Gasteiger partial charge in [0.1, 0.15) is 5.75 Å². The van der Waals surface area contributed by atoms with Gasteiger partial charge in [-0.1, -0.05) is 48.9 Å². The maximum atomic E-state index is 11.1. The van der Waals surface area contributed by atoms with Crippen molar-refractivity contribution >= 4 is 21.9 Å². The fourth-order valence-electron chi connectivity index (χ4n) is 4.48. The Kier molecular flexibility index (Phi) is 7.60. The molecule has 1 N–H and O–H groups in total. The van der Waals surface area contributed by atoms with Gasteiger partial charge in [-0.25, -0.2) is 4.79 Å². The number of benzene rings is 2. The molecule has 31 heavy (non-hydrogen) atoms. The van der Waals surface area contributed by atoms with Gasteiger partial charge < -0.3 is 14.6 Å². The Morgan fingerprint density at radius 3 is 2.48 bits per heavy atom. The molecule has 1 aliphatic rings. The summed E-state index contributed by atoms with van der Waals surface area (Å²) >= 11 is 3.56. The monoisotopic (exact) mass is 486 g/mol. The highest BCUT2D eigenvalue weighted by Gasteiger charge is 2.40. The molecule has 1 heterocycles. The van der Waals surface area contributed by atoms with E-state index in [0.29, 0.717) is 5.75 Å². The van der Waals surface area contributed by atoms with Gasteiger partial charge in [-0.2, -0.15) is 0 Å². The van der Waals surface area contributed by atoms with E-state index in [2.05, 4.69) is 60.6 Å². The minimum Gasteiger partial charge on any atom is -0.480 e. The van der Waals surface area contributed by atoms with Crippen molar-refractivity contribution in [1.29, 1.82) is 0 Å². The summed E-state index contributed by atoms with van der Waals surface area (Å²) in [5.41, 5.74) is 5.52.